The van der Waals surface area contributed by atoms with Gasteiger partial charge in [0.2, 0.25) is 0 Å². The van der Waals surface area contributed by atoms with Crippen molar-refractivity contribution in [1.29, 1.82) is 0 Å². The van der Waals surface area contributed by atoms with Gasteiger partial charge in [0.05, 0.1) is 11.0 Å². The van der Waals surface area contributed by atoms with E-state index in [9.17, 15) is 10.1 Å². The van der Waals surface area contributed by atoms with Crippen molar-refractivity contribution in [3.05, 3.63) is 56.1 Å². The van der Waals surface area contributed by atoms with E-state index < -0.39 is 4.92 Å². The summed E-state index contributed by atoms with van der Waals surface area (Å²) in [4.78, 5) is 10.4. The fourth-order valence-corrected chi connectivity index (χ4v) is 1.89. The molecule has 0 heterocycles. The largest absolute Gasteiger partial charge is 0.457 e. The molecule has 0 radical (unpaired) electrons. The molecule has 0 fully saturated rings. The molecule has 98 valence electrons. The zero-order valence-corrected chi connectivity index (χ0v) is 12.2. The highest BCUT2D eigenvalue weighted by Gasteiger charge is 2.10. The van der Waals surface area contributed by atoms with E-state index in [1.165, 1.54) is 12.1 Å². The van der Waals surface area contributed by atoms with Gasteiger partial charge in [-0.25, -0.2) is 0 Å². The maximum atomic E-state index is 10.8. The Bertz CT molecular complexity index is 599. The molecule has 0 saturated heterocycles. The molecule has 2 aromatic rings. The number of hydrogen-bond acceptors (Lipinski definition) is 4. The minimum absolute atomic E-state index is 0.00707. The number of nitro benzene ring substituents is 1. The van der Waals surface area contributed by atoms with Gasteiger partial charge >= 0.3 is 0 Å². The molecule has 0 saturated carbocycles. The van der Waals surface area contributed by atoms with Crippen molar-refractivity contribution in [2.24, 2.45) is 0 Å². The van der Waals surface area contributed by atoms with Crippen molar-refractivity contribution >= 4 is 34.0 Å². The quantitative estimate of drug-likeness (QED) is 0.501. The van der Waals surface area contributed by atoms with Crippen LogP contribution in [-0.4, -0.2) is 12.0 Å². The van der Waals surface area contributed by atoms with Gasteiger partial charge in [0.25, 0.3) is 5.69 Å². The molecule has 19 heavy (non-hydrogen) atoms. The molecule has 0 aromatic heterocycles. The third kappa shape index (κ3) is 3.57. The lowest BCUT2D eigenvalue weighted by Crippen LogP contribution is -1.94. The lowest BCUT2D eigenvalue weighted by Gasteiger charge is -2.08. The van der Waals surface area contributed by atoms with Crippen LogP contribution >= 0.6 is 22.6 Å². The van der Waals surface area contributed by atoms with Gasteiger partial charge in [0, 0.05) is 28.4 Å². The third-order valence-corrected chi connectivity index (χ3v) is 3.16. The molecule has 0 aliphatic heterocycles. The topological polar surface area (TPSA) is 64.4 Å². The van der Waals surface area contributed by atoms with E-state index in [1.807, 2.05) is 24.3 Å². The van der Waals surface area contributed by atoms with Gasteiger partial charge < -0.3 is 10.1 Å². The second kappa shape index (κ2) is 5.87. The fourth-order valence-electron chi connectivity index (χ4n) is 1.53. The first kappa shape index (κ1) is 13.6. The summed E-state index contributed by atoms with van der Waals surface area (Å²) in [7, 11) is 1.70. The molecule has 1 N–H and O–H groups in total. The average Bonchev–Trinajstić information content (AvgIpc) is 2.41. The number of hydrogen-bond donors (Lipinski definition) is 1. The van der Waals surface area contributed by atoms with Crippen molar-refractivity contribution < 1.29 is 9.66 Å². The van der Waals surface area contributed by atoms with Crippen LogP contribution in [0, 0.1) is 13.7 Å². The van der Waals surface area contributed by atoms with Gasteiger partial charge in [-0.3, -0.25) is 10.1 Å². The number of benzene rings is 2. The number of rotatable bonds is 4. The number of nitro groups is 1. The van der Waals surface area contributed by atoms with Gasteiger partial charge in [-0.1, -0.05) is 0 Å². The Morgan fingerprint density at radius 3 is 2.42 bits per heavy atom. The Hall–Kier alpha value is -1.83. The van der Waals surface area contributed by atoms with Gasteiger partial charge in [-0.05, 0) is 46.9 Å². The number of halogens is 1. The number of ether oxygens (including phenoxy) is 1. The molecule has 0 amide bonds. The van der Waals surface area contributed by atoms with Gasteiger partial charge in [-0.15, -0.1) is 0 Å². The Morgan fingerprint density at radius 2 is 1.84 bits per heavy atom. The first-order chi connectivity index (χ1) is 9.08. The summed E-state index contributed by atoms with van der Waals surface area (Å²) in [6, 6.07) is 12.0. The zero-order chi connectivity index (χ0) is 13.8. The van der Waals surface area contributed by atoms with E-state index in [0.717, 1.165) is 3.57 Å². The van der Waals surface area contributed by atoms with Crippen LogP contribution in [0.5, 0.6) is 11.5 Å². The van der Waals surface area contributed by atoms with E-state index >= 15 is 0 Å². The summed E-state index contributed by atoms with van der Waals surface area (Å²) in [5.74, 6) is 1.07. The van der Waals surface area contributed by atoms with Gasteiger partial charge in [0.15, 0.2) is 0 Å². The summed E-state index contributed by atoms with van der Waals surface area (Å²) in [6.45, 7) is 0. The smallest absolute Gasteiger partial charge is 0.275 e. The van der Waals surface area contributed by atoms with E-state index in [0.29, 0.717) is 17.2 Å². The predicted octanol–water partition coefficient (Wildman–Crippen LogP) is 4.03. The SMILES string of the molecule is CNc1cc(Oc2ccc(I)cc2)cc([N+](=O)[O-])c1. The van der Waals surface area contributed by atoms with Crippen LogP contribution < -0.4 is 10.1 Å². The van der Waals surface area contributed by atoms with E-state index in [-0.39, 0.29) is 5.69 Å². The Morgan fingerprint density at radius 1 is 1.16 bits per heavy atom. The molecule has 2 rings (SSSR count). The van der Waals surface area contributed by atoms with Gasteiger partial charge in [-0.2, -0.15) is 0 Å². The minimum Gasteiger partial charge on any atom is -0.457 e. The number of non-ortho nitro benzene ring substituents is 1. The standard InChI is InChI=1S/C13H11IN2O3/c1-15-10-6-11(16(17)18)8-13(7-10)19-12-4-2-9(14)3-5-12/h2-8,15H,1H3. The summed E-state index contributed by atoms with van der Waals surface area (Å²) in [6.07, 6.45) is 0. The summed E-state index contributed by atoms with van der Waals surface area (Å²) in [5, 5.41) is 13.7. The van der Waals surface area contributed by atoms with Crippen LogP contribution in [0.4, 0.5) is 11.4 Å². The maximum absolute atomic E-state index is 10.8. The number of nitrogens with one attached hydrogen (secondary N) is 1. The van der Waals surface area contributed by atoms with E-state index in [2.05, 4.69) is 27.9 Å². The molecule has 0 atom stereocenters. The van der Waals surface area contributed by atoms with E-state index in [1.54, 1.807) is 13.1 Å². The van der Waals surface area contributed by atoms with Crippen LogP contribution in [0.3, 0.4) is 0 Å². The minimum atomic E-state index is -0.443. The number of anilines is 1. The molecular weight excluding hydrogens is 359 g/mol. The average molecular weight is 370 g/mol. The second-order valence-corrected chi connectivity index (χ2v) is 5.02. The Balaban J connectivity index is 2.31. The van der Waals surface area contributed by atoms with E-state index in [4.69, 9.17) is 4.74 Å². The van der Waals surface area contributed by atoms with Crippen LogP contribution in [-0.2, 0) is 0 Å². The third-order valence-electron chi connectivity index (χ3n) is 2.44. The Labute approximate surface area is 123 Å². The van der Waals surface area contributed by atoms with Gasteiger partial charge in [0.1, 0.15) is 11.5 Å². The van der Waals surface area contributed by atoms with Crippen molar-refractivity contribution in [1.82, 2.24) is 0 Å². The second-order valence-electron chi connectivity index (χ2n) is 3.78. The lowest BCUT2D eigenvalue weighted by molar-refractivity contribution is -0.384. The first-order valence-electron chi connectivity index (χ1n) is 5.49. The molecule has 0 unspecified atom stereocenters. The van der Waals surface area contributed by atoms with Crippen molar-refractivity contribution in [2.75, 3.05) is 12.4 Å². The first-order valence-corrected chi connectivity index (χ1v) is 6.57. The molecule has 2 aromatic carbocycles. The van der Waals surface area contributed by atoms with Crippen molar-refractivity contribution in [3.8, 4) is 11.5 Å². The lowest BCUT2D eigenvalue weighted by atomic mass is 10.2. The molecule has 0 spiro atoms. The summed E-state index contributed by atoms with van der Waals surface area (Å²) in [5.41, 5.74) is 0.627. The van der Waals surface area contributed by atoms with Crippen LogP contribution in [0.1, 0.15) is 0 Å². The number of nitrogens with zero attached hydrogens (tertiary/aromatic N) is 1. The molecule has 5 nitrogen and oxygen atoms in total. The normalized spacial score (nSPS) is 10.0. The van der Waals surface area contributed by atoms with Crippen molar-refractivity contribution in [3.63, 3.8) is 0 Å². The molecular formula is C13H11IN2O3. The summed E-state index contributed by atoms with van der Waals surface area (Å²) >= 11 is 2.20. The summed E-state index contributed by atoms with van der Waals surface area (Å²) < 4.78 is 6.72. The van der Waals surface area contributed by atoms with Crippen molar-refractivity contribution in [2.45, 2.75) is 0 Å². The fraction of sp³-hybridized carbons (Fsp3) is 0.0769. The zero-order valence-electron chi connectivity index (χ0n) is 10.1. The highest BCUT2D eigenvalue weighted by Crippen LogP contribution is 2.29. The predicted molar refractivity (Wildman–Crippen MR) is 81.9 cm³/mol. The monoisotopic (exact) mass is 370 g/mol. The van der Waals surface area contributed by atoms with Crippen LogP contribution in [0.25, 0.3) is 0 Å². The molecule has 0 aliphatic rings. The van der Waals surface area contributed by atoms with Crippen LogP contribution in [0.2, 0.25) is 0 Å². The highest BCUT2D eigenvalue weighted by atomic mass is 127. The maximum Gasteiger partial charge on any atom is 0.275 e. The van der Waals surface area contributed by atoms with Crippen LogP contribution in [0.15, 0.2) is 42.5 Å². The molecule has 6 heteroatoms. The Kier molecular flexibility index (Phi) is 4.20. The molecule has 0 bridgehead atoms. The molecule has 0 aliphatic carbocycles. The highest BCUT2D eigenvalue weighted by molar-refractivity contribution is 14.1.